The van der Waals surface area contributed by atoms with Gasteiger partial charge in [-0.15, -0.1) is 0 Å². The van der Waals surface area contributed by atoms with Crippen LogP contribution in [0.4, 0.5) is 0 Å². The summed E-state index contributed by atoms with van der Waals surface area (Å²) in [6.45, 7) is 1.98. The lowest BCUT2D eigenvalue weighted by molar-refractivity contribution is -0.124. The lowest BCUT2D eigenvalue weighted by Gasteiger charge is -2.39. The molecule has 0 unspecified atom stereocenters. The van der Waals surface area contributed by atoms with Crippen molar-refractivity contribution in [3.05, 3.63) is 65.2 Å². The molecule has 4 atom stereocenters. The molecule has 1 saturated heterocycles. The van der Waals surface area contributed by atoms with Gasteiger partial charge in [0.1, 0.15) is 12.4 Å². The van der Waals surface area contributed by atoms with Gasteiger partial charge in [-0.1, -0.05) is 42.8 Å². The van der Waals surface area contributed by atoms with Crippen molar-refractivity contribution in [2.75, 3.05) is 0 Å². The van der Waals surface area contributed by atoms with E-state index in [1.54, 1.807) is 6.92 Å². The zero-order valence-electron chi connectivity index (χ0n) is 16.7. The summed E-state index contributed by atoms with van der Waals surface area (Å²) in [5.74, 6) is 0.953. The van der Waals surface area contributed by atoms with Crippen LogP contribution >= 0.6 is 0 Å². The second kappa shape index (κ2) is 8.78. The molecular formula is C24H27NO4. The quantitative estimate of drug-likeness (QED) is 0.747. The molecule has 2 fully saturated rings. The average molecular weight is 393 g/mol. The molecule has 0 aromatic heterocycles. The minimum absolute atomic E-state index is 0.000426. The van der Waals surface area contributed by atoms with Crippen LogP contribution in [0.1, 0.15) is 60.2 Å². The van der Waals surface area contributed by atoms with Crippen LogP contribution in [0.25, 0.3) is 0 Å². The number of hydrogen-bond acceptors (Lipinski definition) is 4. The van der Waals surface area contributed by atoms with Crippen molar-refractivity contribution < 1.29 is 19.1 Å². The van der Waals surface area contributed by atoms with Gasteiger partial charge < -0.3 is 14.8 Å². The van der Waals surface area contributed by atoms with E-state index in [-0.39, 0.29) is 24.2 Å². The number of amides is 1. The Hall–Kier alpha value is -2.66. The number of benzene rings is 2. The number of fused-ring (bicyclic) bond motifs is 1. The second-order valence-electron chi connectivity index (χ2n) is 7.99. The van der Waals surface area contributed by atoms with Gasteiger partial charge >= 0.3 is 0 Å². The van der Waals surface area contributed by atoms with E-state index in [0.717, 1.165) is 43.1 Å². The van der Waals surface area contributed by atoms with Crippen LogP contribution in [0, 0.1) is 5.92 Å². The number of rotatable bonds is 6. The number of ether oxygens (including phenoxy) is 2. The monoisotopic (exact) mass is 393 g/mol. The maximum atomic E-state index is 11.7. The van der Waals surface area contributed by atoms with Crippen molar-refractivity contribution in [2.45, 2.75) is 57.5 Å². The fraction of sp³-hybridized carbons (Fsp3) is 0.417. The molecule has 2 aliphatic rings. The average Bonchev–Trinajstić information content (AvgIpc) is 3.21. The van der Waals surface area contributed by atoms with Gasteiger partial charge in [-0.25, -0.2) is 0 Å². The van der Waals surface area contributed by atoms with Gasteiger partial charge in [0.2, 0.25) is 5.91 Å². The minimum Gasteiger partial charge on any atom is -0.488 e. The summed E-state index contributed by atoms with van der Waals surface area (Å²) >= 11 is 0. The molecule has 0 radical (unpaired) electrons. The SMILES string of the molecule is CC(=O)N[C@H]1C[C@@H](c2ccc(OCc3ccccc3)c(C=O)c2)O[C@H]2CCC[C@H]12. The maximum Gasteiger partial charge on any atom is 0.217 e. The van der Waals surface area contributed by atoms with Crippen molar-refractivity contribution >= 4 is 12.2 Å². The summed E-state index contributed by atoms with van der Waals surface area (Å²) in [6, 6.07) is 15.7. The first-order chi connectivity index (χ1) is 14.1. The van der Waals surface area contributed by atoms with E-state index in [2.05, 4.69) is 5.32 Å². The highest BCUT2D eigenvalue weighted by atomic mass is 16.5. The zero-order valence-corrected chi connectivity index (χ0v) is 16.7. The van der Waals surface area contributed by atoms with Crippen LogP contribution in [0.5, 0.6) is 5.75 Å². The first kappa shape index (κ1) is 19.6. The molecule has 2 aromatic rings. The van der Waals surface area contributed by atoms with Crippen molar-refractivity contribution in [3.63, 3.8) is 0 Å². The lowest BCUT2D eigenvalue weighted by atomic mass is 9.86. The highest BCUT2D eigenvalue weighted by molar-refractivity contribution is 5.79. The number of hydrogen-bond donors (Lipinski definition) is 1. The number of aldehydes is 1. The van der Waals surface area contributed by atoms with E-state index in [4.69, 9.17) is 9.47 Å². The normalized spacial score (nSPS) is 25.8. The molecule has 1 saturated carbocycles. The lowest BCUT2D eigenvalue weighted by Crippen LogP contribution is -2.47. The molecule has 152 valence electrons. The van der Waals surface area contributed by atoms with Crippen LogP contribution in [0.3, 0.4) is 0 Å². The highest BCUT2D eigenvalue weighted by Crippen LogP contribution is 2.43. The summed E-state index contributed by atoms with van der Waals surface area (Å²) in [4.78, 5) is 23.4. The van der Waals surface area contributed by atoms with Gasteiger partial charge in [-0.05, 0) is 42.5 Å². The van der Waals surface area contributed by atoms with Gasteiger partial charge in [0.15, 0.2) is 6.29 Å². The molecular weight excluding hydrogens is 366 g/mol. The fourth-order valence-electron chi connectivity index (χ4n) is 4.62. The predicted molar refractivity (Wildman–Crippen MR) is 110 cm³/mol. The molecule has 1 N–H and O–H groups in total. The predicted octanol–water partition coefficient (Wildman–Crippen LogP) is 4.21. The molecule has 29 heavy (non-hydrogen) atoms. The molecule has 1 heterocycles. The second-order valence-corrected chi connectivity index (χ2v) is 7.99. The first-order valence-corrected chi connectivity index (χ1v) is 10.3. The standard InChI is InChI=1S/C24H27NO4/c1-16(27)25-21-13-24(29-23-9-5-8-20(21)23)18-10-11-22(19(12-18)14-26)28-15-17-6-3-2-4-7-17/h2-4,6-7,10-12,14,20-21,23-24H,5,8-9,13,15H2,1H3,(H,25,27)/t20-,21+,23+,24+/m1/s1. The number of carbonyl (C=O) groups is 2. The van der Waals surface area contributed by atoms with Crippen LogP contribution in [0.2, 0.25) is 0 Å². The van der Waals surface area contributed by atoms with Crippen LogP contribution in [0.15, 0.2) is 48.5 Å². The first-order valence-electron chi connectivity index (χ1n) is 10.3. The topological polar surface area (TPSA) is 64.6 Å². The molecule has 4 rings (SSSR count). The number of carbonyl (C=O) groups excluding carboxylic acids is 2. The molecule has 0 bridgehead atoms. The summed E-state index contributed by atoms with van der Waals surface area (Å²) in [6.07, 6.45) is 4.83. The van der Waals surface area contributed by atoms with E-state index in [9.17, 15) is 9.59 Å². The summed E-state index contributed by atoms with van der Waals surface area (Å²) < 4.78 is 12.2. The number of nitrogens with one attached hydrogen (secondary N) is 1. The molecule has 5 heteroatoms. The molecule has 1 aliphatic carbocycles. The summed E-state index contributed by atoms with van der Waals surface area (Å²) in [5.41, 5.74) is 2.53. The zero-order chi connectivity index (χ0) is 20.2. The third-order valence-corrected chi connectivity index (χ3v) is 5.99. The van der Waals surface area contributed by atoms with Gasteiger partial charge in [-0.3, -0.25) is 9.59 Å². The third-order valence-electron chi connectivity index (χ3n) is 5.99. The summed E-state index contributed by atoms with van der Waals surface area (Å²) in [5, 5.41) is 3.12. The van der Waals surface area contributed by atoms with Crippen molar-refractivity contribution in [2.24, 2.45) is 5.92 Å². The van der Waals surface area contributed by atoms with E-state index in [1.807, 2.05) is 48.5 Å². The van der Waals surface area contributed by atoms with E-state index >= 15 is 0 Å². The van der Waals surface area contributed by atoms with Crippen molar-refractivity contribution in [1.29, 1.82) is 0 Å². The maximum absolute atomic E-state index is 11.7. The molecule has 1 amide bonds. The highest BCUT2D eigenvalue weighted by Gasteiger charge is 2.42. The van der Waals surface area contributed by atoms with Crippen LogP contribution in [-0.4, -0.2) is 24.3 Å². The Kier molecular flexibility index (Phi) is 5.95. The van der Waals surface area contributed by atoms with Gasteiger partial charge in [0.05, 0.1) is 17.8 Å². The van der Waals surface area contributed by atoms with Gasteiger partial charge in [-0.2, -0.15) is 0 Å². The van der Waals surface area contributed by atoms with E-state index in [0.29, 0.717) is 23.8 Å². The third kappa shape index (κ3) is 4.51. The van der Waals surface area contributed by atoms with E-state index < -0.39 is 0 Å². The van der Waals surface area contributed by atoms with Crippen molar-refractivity contribution in [1.82, 2.24) is 5.32 Å². The molecule has 5 nitrogen and oxygen atoms in total. The molecule has 0 spiro atoms. The van der Waals surface area contributed by atoms with E-state index in [1.165, 1.54) is 0 Å². The van der Waals surface area contributed by atoms with Gasteiger partial charge in [0.25, 0.3) is 0 Å². The van der Waals surface area contributed by atoms with Crippen LogP contribution < -0.4 is 10.1 Å². The minimum atomic E-state index is -0.131. The Morgan fingerprint density at radius 2 is 2.03 bits per heavy atom. The largest absolute Gasteiger partial charge is 0.488 e. The Bertz CT molecular complexity index is 866. The summed E-state index contributed by atoms with van der Waals surface area (Å²) in [7, 11) is 0. The fourth-order valence-corrected chi connectivity index (χ4v) is 4.62. The van der Waals surface area contributed by atoms with Crippen molar-refractivity contribution in [3.8, 4) is 5.75 Å². The Balaban J connectivity index is 1.50. The van der Waals surface area contributed by atoms with Gasteiger partial charge in [0, 0.05) is 18.9 Å². The Morgan fingerprint density at radius 1 is 1.21 bits per heavy atom. The molecule has 1 aliphatic heterocycles. The van der Waals surface area contributed by atoms with Crippen LogP contribution in [-0.2, 0) is 16.1 Å². The Labute approximate surface area is 171 Å². The molecule has 2 aromatic carbocycles. The Morgan fingerprint density at radius 3 is 2.79 bits per heavy atom. The smallest absolute Gasteiger partial charge is 0.217 e.